The molecule has 0 saturated carbocycles. The number of benzene rings is 3. The van der Waals surface area contributed by atoms with E-state index in [9.17, 15) is 5.11 Å². The van der Waals surface area contributed by atoms with Gasteiger partial charge in [0.05, 0.1) is 0 Å². The highest BCUT2D eigenvalue weighted by Gasteiger charge is 2.18. The first kappa shape index (κ1) is 16.9. The second-order valence-corrected chi connectivity index (χ2v) is 7.09. The average Bonchev–Trinajstić information content (AvgIpc) is 2.71. The molecule has 3 aromatic carbocycles. The minimum absolute atomic E-state index is 0.399. The molecule has 1 heterocycles. The fraction of sp³-hybridized carbons (Fsp3) is 0.250. The highest BCUT2D eigenvalue weighted by Crippen LogP contribution is 2.36. The van der Waals surface area contributed by atoms with E-state index < -0.39 is 0 Å². The number of phenolic OH excluding ortho intramolecular Hbond substituents is 1. The van der Waals surface area contributed by atoms with Gasteiger partial charge in [-0.2, -0.15) is 0 Å². The Labute approximate surface area is 155 Å². The van der Waals surface area contributed by atoms with E-state index in [2.05, 4.69) is 47.4 Å². The van der Waals surface area contributed by atoms with Crippen molar-refractivity contribution in [3.05, 3.63) is 78.4 Å². The van der Waals surface area contributed by atoms with Gasteiger partial charge in [-0.1, -0.05) is 67.1 Å². The van der Waals surface area contributed by atoms with Crippen molar-refractivity contribution in [2.75, 3.05) is 13.1 Å². The number of likely N-dealkylation sites (tertiary alicyclic amines) is 1. The molecule has 1 N–H and O–H groups in total. The largest absolute Gasteiger partial charge is 0.508 e. The zero-order chi connectivity index (χ0) is 17.8. The van der Waals surface area contributed by atoms with E-state index in [1.807, 2.05) is 30.3 Å². The van der Waals surface area contributed by atoms with Crippen LogP contribution < -0.4 is 0 Å². The minimum Gasteiger partial charge on any atom is -0.508 e. The molecular weight excluding hydrogens is 318 g/mol. The summed E-state index contributed by atoms with van der Waals surface area (Å²) < 4.78 is 0. The molecule has 26 heavy (non-hydrogen) atoms. The van der Waals surface area contributed by atoms with Crippen LogP contribution in [0.15, 0.2) is 72.8 Å². The Balaban J connectivity index is 1.79. The van der Waals surface area contributed by atoms with Crippen LogP contribution in [0.2, 0.25) is 0 Å². The molecule has 1 saturated heterocycles. The fourth-order valence-corrected chi connectivity index (χ4v) is 3.84. The van der Waals surface area contributed by atoms with Crippen molar-refractivity contribution in [2.24, 2.45) is 0 Å². The SMILES string of the molecule is Oc1cc(-c2ccccc2)cc(-c2ccccc2)c1CN1CCCCC1. The molecule has 132 valence electrons. The summed E-state index contributed by atoms with van der Waals surface area (Å²) in [4.78, 5) is 2.47. The van der Waals surface area contributed by atoms with Gasteiger partial charge in [0.2, 0.25) is 0 Å². The molecule has 1 fully saturated rings. The topological polar surface area (TPSA) is 23.5 Å². The van der Waals surface area contributed by atoms with E-state index in [1.165, 1.54) is 19.3 Å². The summed E-state index contributed by atoms with van der Waals surface area (Å²) in [5.41, 5.74) is 5.52. The molecule has 4 rings (SSSR count). The highest BCUT2D eigenvalue weighted by molar-refractivity contribution is 5.78. The maximum Gasteiger partial charge on any atom is 0.121 e. The van der Waals surface area contributed by atoms with Crippen LogP contribution in [0.5, 0.6) is 5.75 Å². The predicted octanol–water partition coefficient (Wildman–Crippen LogP) is 5.71. The van der Waals surface area contributed by atoms with Gasteiger partial charge in [0, 0.05) is 12.1 Å². The Bertz CT molecular complexity index is 852. The summed E-state index contributed by atoms with van der Waals surface area (Å²) in [5, 5.41) is 10.9. The van der Waals surface area contributed by atoms with E-state index in [0.717, 1.165) is 47.5 Å². The van der Waals surface area contributed by atoms with Gasteiger partial charge in [-0.25, -0.2) is 0 Å². The highest BCUT2D eigenvalue weighted by atomic mass is 16.3. The molecule has 0 aliphatic carbocycles. The first-order chi connectivity index (χ1) is 12.8. The van der Waals surface area contributed by atoms with Gasteiger partial charge in [-0.3, -0.25) is 4.90 Å². The summed E-state index contributed by atoms with van der Waals surface area (Å²) in [6, 6.07) is 24.8. The molecular formula is C24H25NO. The first-order valence-electron chi connectivity index (χ1n) is 9.50. The maximum atomic E-state index is 10.9. The van der Waals surface area contributed by atoms with Crippen LogP contribution in [-0.2, 0) is 6.54 Å². The van der Waals surface area contributed by atoms with Gasteiger partial charge < -0.3 is 5.11 Å². The molecule has 0 amide bonds. The Kier molecular flexibility index (Phi) is 5.03. The van der Waals surface area contributed by atoms with Crippen LogP contribution in [0.1, 0.15) is 24.8 Å². The van der Waals surface area contributed by atoms with Crippen LogP contribution in [-0.4, -0.2) is 23.1 Å². The quantitative estimate of drug-likeness (QED) is 0.655. The van der Waals surface area contributed by atoms with Crippen molar-refractivity contribution in [3.63, 3.8) is 0 Å². The number of hydrogen-bond donors (Lipinski definition) is 1. The van der Waals surface area contributed by atoms with E-state index in [1.54, 1.807) is 0 Å². The van der Waals surface area contributed by atoms with Crippen LogP contribution in [0, 0.1) is 0 Å². The first-order valence-corrected chi connectivity index (χ1v) is 9.50. The number of phenols is 1. The second kappa shape index (κ2) is 7.76. The molecule has 0 radical (unpaired) electrons. The fourth-order valence-electron chi connectivity index (χ4n) is 3.84. The van der Waals surface area contributed by atoms with E-state index >= 15 is 0 Å². The molecule has 0 bridgehead atoms. The Morgan fingerprint density at radius 3 is 1.96 bits per heavy atom. The molecule has 0 aromatic heterocycles. The number of aromatic hydroxyl groups is 1. The van der Waals surface area contributed by atoms with Gasteiger partial charge in [0.1, 0.15) is 5.75 Å². The summed E-state index contributed by atoms with van der Waals surface area (Å²) in [6.45, 7) is 3.05. The van der Waals surface area contributed by atoms with Gasteiger partial charge in [0.25, 0.3) is 0 Å². The van der Waals surface area contributed by atoms with E-state index in [0.29, 0.717) is 5.75 Å². The summed E-state index contributed by atoms with van der Waals surface area (Å²) >= 11 is 0. The predicted molar refractivity (Wildman–Crippen MR) is 108 cm³/mol. The Morgan fingerprint density at radius 1 is 0.692 bits per heavy atom. The molecule has 1 aliphatic heterocycles. The third-order valence-corrected chi connectivity index (χ3v) is 5.25. The molecule has 3 aromatic rings. The van der Waals surface area contributed by atoms with Gasteiger partial charge in [-0.05, 0) is 60.3 Å². The van der Waals surface area contributed by atoms with Crippen LogP contribution >= 0.6 is 0 Å². The Morgan fingerprint density at radius 2 is 1.31 bits per heavy atom. The van der Waals surface area contributed by atoms with Crippen molar-refractivity contribution < 1.29 is 5.11 Å². The molecule has 1 aliphatic rings. The third kappa shape index (κ3) is 3.66. The van der Waals surface area contributed by atoms with E-state index in [4.69, 9.17) is 0 Å². The van der Waals surface area contributed by atoms with E-state index in [-0.39, 0.29) is 0 Å². The zero-order valence-electron chi connectivity index (χ0n) is 15.1. The zero-order valence-corrected chi connectivity index (χ0v) is 15.1. The molecule has 2 heteroatoms. The van der Waals surface area contributed by atoms with Crippen molar-refractivity contribution in [1.82, 2.24) is 4.90 Å². The number of hydrogen-bond acceptors (Lipinski definition) is 2. The second-order valence-electron chi connectivity index (χ2n) is 7.09. The Hall–Kier alpha value is -2.58. The molecule has 2 nitrogen and oxygen atoms in total. The van der Waals surface area contributed by atoms with Crippen molar-refractivity contribution >= 4 is 0 Å². The average molecular weight is 343 g/mol. The van der Waals surface area contributed by atoms with Crippen LogP contribution in [0.4, 0.5) is 0 Å². The molecule has 0 atom stereocenters. The van der Waals surface area contributed by atoms with Crippen LogP contribution in [0.25, 0.3) is 22.3 Å². The lowest BCUT2D eigenvalue weighted by molar-refractivity contribution is 0.219. The smallest absolute Gasteiger partial charge is 0.121 e. The molecule has 0 spiro atoms. The van der Waals surface area contributed by atoms with Crippen molar-refractivity contribution in [1.29, 1.82) is 0 Å². The lowest BCUT2D eigenvalue weighted by atomic mass is 9.93. The van der Waals surface area contributed by atoms with Crippen molar-refractivity contribution in [3.8, 4) is 28.0 Å². The summed E-state index contributed by atoms with van der Waals surface area (Å²) in [6.07, 6.45) is 3.83. The lowest BCUT2D eigenvalue weighted by Crippen LogP contribution is -2.29. The number of nitrogens with zero attached hydrogens (tertiary/aromatic N) is 1. The maximum absolute atomic E-state index is 10.9. The van der Waals surface area contributed by atoms with Crippen molar-refractivity contribution in [2.45, 2.75) is 25.8 Å². The molecule has 0 unspecified atom stereocenters. The van der Waals surface area contributed by atoms with Gasteiger partial charge >= 0.3 is 0 Å². The number of rotatable bonds is 4. The summed E-state index contributed by atoms with van der Waals surface area (Å²) in [7, 11) is 0. The lowest BCUT2D eigenvalue weighted by Gasteiger charge is -2.28. The van der Waals surface area contributed by atoms with Gasteiger partial charge in [-0.15, -0.1) is 0 Å². The minimum atomic E-state index is 0.399. The summed E-state index contributed by atoms with van der Waals surface area (Å²) in [5.74, 6) is 0.399. The normalized spacial score (nSPS) is 15.1. The third-order valence-electron chi connectivity index (χ3n) is 5.25. The monoisotopic (exact) mass is 343 g/mol. The van der Waals surface area contributed by atoms with Gasteiger partial charge in [0.15, 0.2) is 0 Å². The number of piperidine rings is 1. The standard InChI is InChI=1S/C24H25NO/c26-24-17-21(19-10-4-1-5-11-19)16-22(20-12-6-2-7-13-20)23(24)18-25-14-8-3-9-15-25/h1-2,4-7,10-13,16-17,26H,3,8-9,14-15,18H2. The van der Waals surface area contributed by atoms with Crippen LogP contribution in [0.3, 0.4) is 0 Å².